The summed E-state index contributed by atoms with van der Waals surface area (Å²) in [7, 11) is 0. The molecule has 2 N–H and O–H groups in total. The third kappa shape index (κ3) is 2.31. The first-order valence-electron chi connectivity index (χ1n) is 5.19. The number of non-ortho nitro benzene ring substituents is 1. The Kier molecular flexibility index (Phi) is 3.15. The molecule has 6 nitrogen and oxygen atoms in total. The van der Waals surface area contributed by atoms with Crippen molar-refractivity contribution in [2.24, 2.45) is 5.73 Å². The monoisotopic (exact) mass is 232 g/mol. The van der Waals surface area contributed by atoms with Crippen LogP contribution in [0.15, 0.2) is 36.7 Å². The molecule has 1 heterocycles. The molecule has 1 aromatic heterocycles. The van der Waals surface area contributed by atoms with E-state index < -0.39 is 4.92 Å². The van der Waals surface area contributed by atoms with Gasteiger partial charge in [-0.3, -0.25) is 10.1 Å². The number of aromatic nitrogens is 2. The average molecular weight is 232 g/mol. The van der Waals surface area contributed by atoms with Crippen molar-refractivity contribution < 1.29 is 4.92 Å². The SMILES string of the molecule is NCCc1nccn1-c1cccc([N+](=O)[O-])c1. The largest absolute Gasteiger partial charge is 0.330 e. The van der Waals surface area contributed by atoms with Crippen LogP contribution in [0.3, 0.4) is 0 Å². The van der Waals surface area contributed by atoms with Crippen molar-refractivity contribution in [2.75, 3.05) is 6.54 Å². The minimum atomic E-state index is -0.414. The van der Waals surface area contributed by atoms with Gasteiger partial charge in [0.05, 0.1) is 10.6 Å². The number of hydrogen-bond donors (Lipinski definition) is 1. The number of nitrogens with zero attached hydrogens (tertiary/aromatic N) is 3. The average Bonchev–Trinajstić information content (AvgIpc) is 2.78. The summed E-state index contributed by atoms with van der Waals surface area (Å²) in [5.41, 5.74) is 6.27. The third-order valence-electron chi connectivity index (χ3n) is 2.40. The first kappa shape index (κ1) is 11.3. The number of nitro groups is 1. The summed E-state index contributed by atoms with van der Waals surface area (Å²) in [5.74, 6) is 0.799. The second-order valence-electron chi connectivity index (χ2n) is 3.53. The van der Waals surface area contributed by atoms with Gasteiger partial charge in [-0.05, 0) is 12.6 Å². The lowest BCUT2D eigenvalue weighted by Gasteiger charge is -2.06. The minimum Gasteiger partial charge on any atom is -0.330 e. The maximum Gasteiger partial charge on any atom is 0.271 e. The summed E-state index contributed by atoms with van der Waals surface area (Å²) in [6.45, 7) is 0.492. The van der Waals surface area contributed by atoms with E-state index in [0.29, 0.717) is 13.0 Å². The topological polar surface area (TPSA) is 87.0 Å². The summed E-state index contributed by atoms with van der Waals surface area (Å²) < 4.78 is 1.81. The Labute approximate surface area is 97.9 Å². The summed E-state index contributed by atoms with van der Waals surface area (Å²) in [4.78, 5) is 14.5. The van der Waals surface area contributed by atoms with Crippen LogP contribution in [0.1, 0.15) is 5.82 Å². The molecule has 0 bridgehead atoms. The standard InChI is InChI=1S/C11H12N4O2/c12-5-4-11-13-6-7-14(11)9-2-1-3-10(8-9)15(16)17/h1-3,6-8H,4-5,12H2. The van der Waals surface area contributed by atoms with Crippen LogP contribution in [0, 0.1) is 10.1 Å². The predicted octanol–water partition coefficient (Wildman–Crippen LogP) is 1.28. The van der Waals surface area contributed by atoms with Crippen LogP contribution < -0.4 is 5.73 Å². The molecule has 2 rings (SSSR count). The third-order valence-corrected chi connectivity index (χ3v) is 2.40. The number of benzene rings is 1. The Balaban J connectivity index is 2.42. The van der Waals surface area contributed by atoms with Gasteiger partial charge < -0.3 is 10.3 Å². The van der Waals surface area contributed by atoms with Gasteiger partial charge in [0, 0.05) is 30.9 Å². The Morgan fingerprint density at radius 2 is 2.29 bits per heavy atom. The van der Waals surface area contributed by atoms with Crippen LogP contribution in [0.25, 0.3) is 5.69 Å². The number of nitrogens with two attached hydrogens (primary N) is 1. The first-order chi connectivity index (χ1) is 8.22. The van der Waals surface area contributed by atoms with Crippen molar-refractivity contribution >= 4 is 5.69 Å². The van der Waals surface area contributed by atoms with Gasteiger partial charge >= 0.3 is 0 Å². The zero-order valence-corrected chi connectivity index (χ0v) is 9.11. The van der Waals surface area contributed by atoms with Crippen LogP contribution in [0.4, 0.5) is 5.69 Å². The molecule has 0 atom stereocenters. The fourth-order valence-corrected chi connectivity index (χ4v) is 1.64. The highest BCUT2D eigenvalue weighted by Crippen LogP contribution is 2.17. The van der Waals surface area contributed by atoms with Crippen molar-refractivity contribution in [3.8, 4) is 5.69 Å². The molecule has 88 valence electrons. The summed E-state index contributed by atoms with van der Waals surface area (Å²) in [5, 5.41) is 10.7. The molecule has 6 heteroatoms. The highest BCUT2D eigenvalue weighted by molar-refractivity contribution is 5.43. The van der Waals surface area contributed by atoms with Crippen LogP contribution >= 0.6 is 0 Å². The van der Waals surface area contributed by atoms with E-state index in [2.05, 4.69) is 4.98 Å². The van der Waals surface area contributed by atoms with E-state index in [9.17, 15) is 10.1 Å². The molecule has 0 saturated carbocycles. The smallest absolute Gasteiger partial charge is 0.271 e. The Morgan fingerprint density at radius 1 is 1.47 bits per heavy atom. The van der Waals surface area contributed by atoms with E-state index in [4.69, 9.17) is 5.73 Å². The molecule has 0 amide bonds. The zero-order valence-electron chi connectivity index (χ0n) is 9.11. The lowest BCUT2D eigenvalue weighted by molar-refractivity contribution is -0.384. The van der Waals surface area contributed by atoms with Crippen molar-refractivity contribution in [1.29, 1.82) is 0 Å². The molecule has 2 aromatic rings. The van der Waals surface area contributed by atoms with Gasteiger partial charge in [-0.15, -0.1) is 0 Å². The van der Waals surface area contributed by atoms with Crippen molar-refractivity contribution in [1.82, 2.24) is 9.55 Å². The van der Waals surface area contributed by atoms with Gasteiger partial charge in [-0.2, -0.15) is 0 Å². The Hall–Kier alpha value is -2.21. The molecule has 0 unspecified atom stereocenters. The Bertz CT molecular complexity index is 536. The van der Waals surface area contributed by atoms with Gasteiger partial charge in [0.25, 0.3) is 5.69 Å². The van der Waals surface area contributed by atoms with Crippen LogP contribution in [-0.2, 0) is 6.42 Å². The highest BCUT2D eigenvalue weighted by atomic mass is 16.6. The quantitative estimate of drug-likeness (QED) is 0.635. The lowest BCUT2D eigenvalue weighted by atomic mass is 10.2. The molecule has 1 aromatic carbocycles. The second-order valence-corrected chi connectivity index (χ2v) is 3.53. The maximum atomic E-state index is 10.7. The van der Waals surface area contributed by atoms with Crippen molar-refractivity contribution in [3.63, 3.8) is 0 Å². The van der Waals surface area contributed by atoms with Crippen LogP contribution in [0.5, 0.6) is 0 Å². The zero-order chi connectivity index (χ0) is 12.3. The van der Waals surface area contributed by atoms with Gasteiger partial charge in [0.1, 0.15) is 5.82 Å². The Morgan fingerprint density at radius 3 is 3.00 bits per heavy atom. The minimum absolute atomic E-state index is 0.0647. The molecular formula is C11H12N4O2. The second kappa shape index (κ2) is 4.75. The molecule has 0 radical (unpaired) electrons. The molecule has 0 aliphatic carbocycles. The van der Waals surface area contributed by atoms with Crippen molar-refractivity contribution in [2.45, 2.75) is 6.42 Å². The van der Waals surface area contributed by atoms with Gasteiger partial charge in [0.15, 0.2) is 0 Å². The predicted molar refractivity (Wildman–Crippen MR) is 63.0 cm³/mol. The number of nitro benzene ring substituents is 1. The van der Waals surface area contributed by atoms with Crippen LogP contribution in [0.2, 0.25) is 0 Å². The lowest BCUT2D eigenvalue weighted by Crippen LogP contribution is -2.08. The molecule has 0 spiro atoms. The molecule has 0 aliphatic heterocycles. The number of rotatable bonds is 4. The fourth-order valence-electron chi connectivity index (χ4n) is 1.64. The van der Waals surface area contributed by atoms with Gasteiger partial charge in [-0.25, -0.2) is 4.98 Å². The van der Waals surface area contributed by atoms with E-state index >= 15 is 0 Å². The number of imidazole rings is 1. The highest BCUT2D eigenvalue weighted by Gasteiger charge is 2.09. The van der Waals surface area contributed by atoms with E-state index in [1.54, 1.807) is 29.1 Å². The summed E-state index contributed by atoms with van der Waals surface area (Å²) in [6.07, 6.45) is 4.06. The van der Waals surface area contributed by atoms with Gasteiger partial charge in [-0.1, -0.05) is 6.07 Å². The summed E-state index contributed by atoms with van der Waals surface area (Å²) >= 11 is 0. The fraction of sp³-hybridized carbons (Fsp3) is 0.182. The van der Waals surface area contributed by atoms with E-state index in [1.165, 1.54) is 12.1 Å². The van der Waals surface area contributed by atoms with E-state index in [-0.39, 0.29) is 5.69 Å². The first-order valence-corrected chi connectivity index (χ1v) is 5.19. The van der Waals surface area contributed by atoms with E-state index in [1.807, 2.05) is 0 Å². The van der Waals surface area contributed by atoms with Gasteiger partial charge in [0.2, 0.25) is 0 Å². The molecule has 0 aliphatic rings. The van der Waals surface area contributed by atoms with Crippen LogP contribution in [-0.4, -0.2) is 21.0 Å². The molecule has 17 heavy (non-hydrogen) atoms. The summed E-state index contributed by atoms with van der Waals surface area (Å²) in [6, 6.07) is 6.43. The van der Waals surface area contributed by atoms with E-state index in [0.717, 1.165) is 11.5 Å². The number of hydrogen-bond acceptors (Lipinski definition) is 4. The molecule has 0 saturated heterocycles. The maximum absolute atomic E-state index is 10.7. The molecule has 0 fully saturated rings. The molecular weight excluding hydrogens is 220 g/mol. The normalized spacial score (nSPS) is 10.4. The van der Waals surface area contributed by atoms with Crippen molar-refractivity contribution in [3.05, 3.63) is 52.6 Å².